The molecule has 100 valence electrons. The van der Waals surface area contributed by atoms with Crippen molar-refractivity contribution in [3.63, 3.8) is 0 Å². The van der Waals surface area contributed by atoms with Crippen LogP contribution in [0.15, 0.2) is 22.7 Å². The number of hydrogen-bond donors (Lipinski definition) is 1. The van der Waals surface area contributed by atoms with Gasteiger partial charge in [0.1, 0.15) is 5.75 Å². The number of halogens is 1. The summed E-state index contributed by atoms with van der Waals surface area (Å²) in [6, 6.07) is 6.94. The SMILES string of the molecule is CCNC1CCCC1Cc1cc(OC)ccc1Br. The summed E-state index contributed by atoms with van der Waals surface area (Å²) in [6.07, 6.45) is 5.14. The van der Waals surface area contributed by atoms with E-state index in [1.807, 2.05) is 6.07 Å². The van der Waals surface area contributed by atoms with Gasteiger partial charge in [-0.15, -0.1) is 0 Å². The lowest BCUT2D eigenvalue weighted by molar-refractivity contribution is 0.400. The van der Waals surface area contributed by atoms with Crippen molar-refractivity contribution < 1.29 is 4.74 Å². The van der Waals surface area contributed by atoms with E-state index < -0.39 is 0 Å². The molecule has 2 rings (SSSR count). The largest absolute Gasteiger partial charge is 0.497 e. The molecule has 1 aromatic rings. The minimum Gasteiger partial charge on any atom is -0.497 e. The highest BCUT2D eigenvalue weighted by Gasteiger charge is 2.27. The average Bonchev–Trinajstić information content (AvgIpc) is 2.80. The molecule has 1 saturated carbocycles. The van der Waals surface area contributed by atoms with Crippen molar-refractivity contribution in [2.24, 2.45) is 5.92 Å². The van der Waals surface area contributed by atoms with E-state index in [0.717, 1.165) is 24.6 Å². The minimum absolute atomic E-state index is 0.688. The first kappa shape index (κ1) is 13.9. The Labute approximate surface area is 118 Å². The van der Waals surface area contributed by atoms with Gasteiger partial charge in [-0.05, 0) is 55.5 Å². The lowest BCUT2D eigenvalue weighted by Gasteiger charge is -2.21. The molecule has 1 aliphatic rings. The molecule has 0 bridgehead atoms. The molecule has 0 aliphatic heterocycles. The van der Waals surface area contributed by atoms with Crippen molar-refractivity contribution in [3.05, 3.63) is 28.2 Å². The lowest BCUT2D eigenvalue weighted by atomic mass is 9.94. The molecule has 1 aliphatic carbocycles. The van der Waals surface area contributed by atoms with Crippen LogP contribution in [0.5, 0.6) is 5.75 Å². The number of rotatable bonds is 5. The van der Waals surface area contributed by atoms with Crippen LogP contribution in [0.2, 0.25) is 0 Å². The van der Waals surface area contributed by atoms with Crippen molar-refractivity contribution in [1.29, 1.82) is 0 Å². The normalized spacial score (nSPS) is 23.3. The molecule has 0 radical (unpaired) electrons. The topological polar surface area (TPSA) is 21.3 Å². The maximum absolute atomic E-state index is 5.31. The van der Waals surface area contributed by atoms with Gasteiger partial charge in [0, 0.05) is 10.5 Å². The molecular weight excluding hydrogens is 290 g/mol. The first-order valence-electron chi connectivity index (χ1n) is 6.80. The van der Waals surface area contributed by atoms with Crippen LogP contribution in [0, 0.1) is 5.92 Å². The standard InChI is InChI=1S/C15H22BrNO/c1-3-17-15-6-4-5-11(15)9-12-10-13(18-2)7-8-14(12)16/h7-8,10-11,15,17H,3-6,9H2,1-2H3. The fraction of sp³-hybridized carbons (Fsp3) is 0.600. The number of benzene rings is 1. The van der Waals surface area contributed by atoms with Crippen LogP contribution in [0.1, 0.15) is 31.7 Å². The van der Waals surface area contributed by atoms with Crippen molar-refractivity contribution in [1.82, 2.24) is 5.32 Å². The molecule has 0 aromatic heterocycles. The van der Waals surface area contributed by atoms with Gasteiger partial charge in [0.25, 0.3) is 0 Å². The Morgan fingerprint density at radius 3 is 2.94 bits per heavy atom. The second kappa shape index (κ2) is 6.58. The molecule has 0 saturated heterocycles. The van der Waals surface area contributed by atoms with Gasteiger partial charge in [-0.2, -0.15) is 0 Å². The van der Waals surface area contributed by atoms with E-state index in [4.69, 9.17) is 4.74 Å². The third kappa shape index (κ3) is 3.27. The van der Waals surface area contributed by atoms with E-state index in [0.29, 0.717) is 6.04 Å². The summed E-state index contributed by atoms with van der Waals surface area (Å²) in [5, 5.41) is 3.62. The summed E-state index contributed by atoms with van der Waals surface area (Å²) in [7, 11) is 1.73. The van der Waals surface area contributed by atoms with Crippen LogP contribution in [0.3, 0.4) is 0 Å². The van der Waals surface area contributed by atoms with Crippen molar-refractivity contribution in [2.75, 3.05) is 13.7 Å². The van der Waals surface area contributed by atoms with Crippen molar-refractivity contribution in [2.45, 2.75) is 38.6 Å². The first-order chi connectivity index (χ1) is 8.74. The predicted octanol–water partition coefficient (Wildman–Crippen LogP) is 3.78. The molecule has 3 heteroatoms. The molecule has 0 heterocycles. The highest BCUT2D eigenvalue weighted by atomic mass is 79.9. The van der Waals surface area contributed by atoms with Gasteiger partial charge in [0.05, 0.1) is 7.11 Å². The Bertz CT molecular complexity index is 394. The fourth-order valence-electron chi connectivity index (χ4n) is 2.93. The van der Waals surface area contributed by atoms with Gasteiger partial charge in [0.15, 0.2) is 0 Å². The van der Waals surface area contributed by atoms with E-state index in [-0.39, 0.29) is 0 Å². The Morgan fingerprint density at radius 2 is 2.22 bits per heavy atom. The van der Waals surface area contributed by atoms with Gasteiger partial charge in [-0.1, -0.05) is 29.3 Å². The second-order valence-corrected chi connectivity index (χ2v) is 5.87. The fourth-order valence-corrected chi connectivity index (χ4v) is 3.34. The third-order valence-electron chi connectivity index (χ3n) is 3.86. The first-order valence-corrected chi connectivity index (χ1v) is 7.59. The van der Waals surface area contributed by atoms with Gasteiger partial charge in [-0.3, -0.25) is 0 Å². The quantitative estimate of drug-likeness (QED) is 0.893. The van der Waals surface area contributed by atoms with Gasteiger partial charge >= 0.3 is 0 Å². The summed E-state index contributed by atoms with van der Waals surface area (Å²) in [6.45, 7) is 3.26. The van der Waals surface area contributed by atoms with E-state index in [1.165, 1.54) is 29.3 Å². The Hall–Kier alpha value is -0.540. The van der Waals surface area contributed by atoms with Crippen LogP contribution >= 0.6 is 15.9 Å². The summed E-state index contributed by atoms with van der Waals surface area (Å²) >= 11 is 3.65. The van der Waals surface area contributed by atoms with E-state index in [2.05, 4.69) is 40.3 Å². The Balaban J connectivity index is 2.08. The average molecular weight is 312 g/mol. The van der Waals surface area contributed by atoms with Gasteiger partial charge in [-0.25, -0.2) is 0 Å². The maximum atomic E-state index is 5.31. The van der Waals surface area contributed by atoms with Crippen molar-refractivity contribution >= 4 is 15.9 Å². The maximum Gasteiger partial charge on any atom is 0.119 e. The molecule has 0 amide bonds. The molecule has 2 atom stereocenters. The zero-order valence-corrected chi connectivity index (χ0v) is 12.8. The smallest absolute Gasteiger partial charge is 0.119 e. The van der Waals surface area contributed by atoms with Crippen molar-refractivity contribution in [3.8, 4) is 5.75 Å². The molecule has 2 unspecified atom stereocenters. The van der Waals surface area contributed by atoms with Crippen LogP contribution in [-0.4, -0.2) is 19.7 Å². The predicted molar refractivity (Wildman–Crippen MR) is 79.2 cm³/mol. The van der Waals surface area contributed by atoms with E-state index >= 15 is 0 Å². The summed E-state index contributed by atoms with van der Waals surface area (Å²) in [5.74, 6) is 1.71. The van der Waals surface area contributed by atoms with Gasteiger partial charge < -0.3 is 10.1 Å². The van der Waals surface area contributed by atoms with Crippen LogP contribution in [0.25, 0.3) is 0 Å². The summed E-state index contributed by atoms with van der Waals surface area (Å²) in [5.41, 5.74) is 1.36. The zero-order valence-electron chi connectivity index (χ0n) is 11.2. The minimum atomic E-state index is 0.688. The molecular formula is C15H22BrNO. The number of hydrogen-bond acceptors (Lipinski definition) is 2. The molecule has 0 spiro atoms. The highest BCUT2D eigenvalue weighted by molar-refractivity contribution is 9.10. The Kier molecular flexibility index (Phi) is 5.07. The van der Waals surface area contributed by atoms with Crippen LogP contribution in [0.4, 0.5) is 0 Å². The number of nitrogens with one attached hydrogen (secondary N) is 1. The molecule has 1 fully saturated rings. The summed E-state index contributed by atoms with van der Waals surface area (Å²) in [4.78, 5) is 0. The van der Waals surface area contributed by atoms with E-state index in [9.17, 15) is 0 Å². The lowest BCUT2D eigenvalue weighted by Crippen LogP contribution is -2.33. The molecule has 18 heavy (non-hydrogen) atoms. The monoisotopic (exact) mass is 311 g/mol. The van der Waals surface area contributed by atoms with E-state index in [1.54, 1.807) is 7.11 Å². The number of ether oxygens (including phenoxy) is 1. The second-order valence-electron chi connectivity index (χ2n) is 5.02. The highest BCUT2D eigenvalue weighted by Crippen LogP contribution is 2.32. The molecule has 1 aromatic carbocycles. The molecule has 2 nitrogen and oxygen atoms in total. The third-order valence-corrected chi connectivity index (χ3v) is 4.63. The van der Waals surface area contributed by atoms with Gasteiger partial charge in [0.2, 0.25) is 0 Å². The molecule has 1 N–H and O–H groups in total. The summed E-state index contributed by atoms with van der Waals surface area (Å²) < 4.78 is 6.51. The zero-order chi connectivity index (χ0) is 13.0. The van der Waals surface area contributed by atoms with Crippen LogP contribution in [-0.2, 0) is 6.42 Å². The Morgan fingerprint density at radius 1 is 1.39 bits per heavy atom. The van der Waals surface area contributed by atoms with Crippen LogP contribution < -0.4 is 10.1 Å². The number of methoxy groups -OCH3 is 1.